The van der Waals surface area contributed by atoms with Crippen LogP contribution in [0.3, 0.4) is 0 Å². The van der Waals surface area contributed by atoms with Crippen molar-refractivity contribution in [1.29, 1.82) is 0 Å². The van der Waals surface area contributed by atoms with Crippen molar-refractivity contribution in [2.45, 2.75) is 23.5 Å². The number of amides is 1. The van der Waals surface area contributed by atoms with Gasteiger partial charge in [0.15, 0.2) is 5.78 Å². The van der Waals surface area contributed by atoms with Gasteiger partial charge in [-0.25, -0.2) is 4.98 Å². The van der Waals surface area contributed by atoms with Crippen molar-refractivity contribution in [2.24, 2.45) is 0 Å². The zero-order valence-electron chi connectivity index (χ0n) is 11.5. The first-order valence-corrected chi connectivity index (χ1v) is 7.54. The molecule has 106 valence electrons. The molecule has 4 nitrogen and oxygen atoms in total. The molecular weight excluding hydrogens is 284 g/mol. The molecule has 0 fully saturated rings. The van der Waals surface area contributed by atoms with Gasteiger partial charge in [-0.1, -0.05) is 18.2 Å². The number of hydrogen-bond acceptors (Lipinski definition) is 4. The van der Waals surface area contributed by atoms with Gasteiger partial charge in [-0.15, -0.1) is 11.8 Å². The Morgan fingerprint density at radius 1 is 1.24 bits per heavy atom. The Bertz CT molecular complexity index is 673. The predicted molar refractivity (Wildman–Crippen MR) is 82.7 cm³/mol. The van der Waals surface area contributed by atoms with Crippen molar-refractivity contribution >= 4 is 29.3 Å². The highest BCUT2D eigenvalue weighted by atomic mass is 32.2. The number of thioether (sulfide) groups is 1. The normalized spacial score (nSPS) is 16.3. The maximum atomic E-state index is 12.3. The number of fused-ring (bicyclic) bond motifs is 1. The third-order valence-corrected chi connectivity index (χ3v) is 4.68. The van der Waals surface area contributed by atoms with E-state index in [0.29, 0.717) is 11.4 Å². The zero-order chi connectivity index (χ0) is 14.8. The minimum absolute atomic E-state index is 0.0397. The van der Waals surface area contributed by atoms with Crippen LogP contribution in [0.25, 0.3) is 0 Å². The van der Waals surface area contributed by atoms with E-state index in [9.17, 15) is 9.59 Å². The Labute approximate surface area is 127 Å². The molecule has 1 unspecified atom stereocenters. The Morgan fingerprint density at radius 3 is 2.71 bits per heavy atom. The Balaban J connectivity index is 1.66. The van der Waals surface area contributed by atoms with Crippen LogP contribution in [-0.4, -0.2) is 21.9 Å². The Morgan fingerprint density at radius 2 is 2.05 bits per heavy atom. The lowest BCUT2D eigenvalue weighted by Gasteiger charge is -2.09. The molecule has 1 N–H and O–H groups in total. The molecule has 2 heterocycles. The fourth-order valence-electron chi connectivity index (χ4n) is 2.21. The molecule has 1 amide bonds. The first-order chi connectivity index (χ1) is 10.1. The van der Waals surface area contributed by atoms with Gasteiger partial charge in [0.1, 0.15) is 5.82 Å². The number of anilines is 1. The number of aromatic nitrogens is 1. The van der Waals surface area contributed by atoms with Crippen LogP contribution >= 0.6 is 11.8 Å². The molecule has 21 heavy (non-hydrogen) atoms. The summed E-state index contributed by atoms with van der Waals surface area (Å²) in [5.41, 5.74) is 1.75. The summed E-state index contributed by atoms with van der Waals surface area (Å²) in [5.74, 6) is 0.378. The van der Waals surface area contributed by atoms with Crippen molar-refractivity contribution in [3.63, 3.8) is 0 Å². The minimum atomic E-state index is -0.128. The summed E-state index contributed by atoms with van der Waals surface area (Å²) in [6.45, 7) is 1.49. The summed E-state index contributed by atoms with van der Waals surface area (Å²) in [6, 6.07) is 11.4. The summed E-state index contributed by atoms with van der Waals surface area (Å²) >= 11 is 1.58. The monoisotopic (exact) mass is 298 g/mol. The standard InChI is InChI=1S/C16H14N2O2S/c1-10(19)12-6-7-15(17-9-12)18-16(20)14-8-11-4-2-3-5-13(11)21-14/h2-7,9,14H,8H2,1H3,(H,17,18,20). The summed E-state index contributed by atoms with van der Waals surface area (Å²) < 4.78 is 0. The predicted octanol–water partition coefficient (Wildman–Crippen LogP) is 2.94. The number of pyridine rings is 1. The van der Waals surface area contributed by atoms with Crippen molar-refractivity contribution in [3.05, 3.63) is 53.7 Å². The largest absolute Gasteiger partial charge is 0.310 e. The zero-order valence-corrected chi connectivity index (χ0v) is 12.3. The van der Waals surface area contributed by atoms with Crippen LogP contribution < -0.4 is 5.32 Å². The van der Waals surface area contributed by atoms with Crippen molar-refractivity contribution < 1.29 is 9.59 Å². The second-order valence-corrected chi connectivity index (χ2v) is 6.14. The van der Waals surface area contributed by atoms with Crippen LogP contribution in [-0.2, 0) is 11.2 Å². The molecule has 1 atom stereocenters. The SMILES string of the molecule is CC(=O)c1ccc(NC(=O)C2Cc3ccccc3S2)nc1. The van der Waals surface area contributed by atoms with Crippen molar-refractivity contribution in [3.8, 4) is 0 Å². The number of benzene rings is 1. The van der Waals surface area contributed by atoms with E-state index in [0.717, 1.165) is 11.3 Å². The number of carbonyl (C=O) groups is 2. The van der Waals surface area contributed by atoms with Crippen LogP contribution in [0, 0.1) is 0 Å². The summed E-state index contributed by atoms with van der Waals surface area (Å²) in [7, 11) is 0. The van der Waals surface area contributed by atoms with Gasteiger partial charge in [-0.3, -0.25) is 9.59 Å². The summed E-state index contributed by atoms with van der Waals surface area (Å²) in [6.07, 6.45) is 2.21. The first-order valence-electron chi connectivity index (χ1n) is 6.66. The van der Waals surface area contributed by atoms with Crippen molar-refractivity contribution in [1.82, 2.24) is 4.98 Å². The second-order valence-electron chi connectivity index (χ2n) is 4.90. The smallest absolute Gasteiger partial charge is 0.239 e. The molecule has 5 heteroatoms. The highest BCUT2D eigenvalue weighted by molar-refractivity contribution is 8.01. The lowest BCUT2D eigenvalue weighted by atomic mass is 10.1. The van der Waals surface area contributed by atoms with Crippen LogP contribution in [0.4, 0.5) is 5.82 Å². The molecule has 1 aromatic heterocycles. The third-order valence-electron chi connectivity index (χ3n) is 3.36. The number of nitrogens with zero attached hydrogens (tertiary/aromatic N) is 1. The van der Waals surface area contributed by atoms with Gasteiger partial charge in [0, 0.05) is 16.7 Å². The topological polar surface area (TPSA) is 59.1 Å². The van der Waals surface area contributed by atoms with Gasteiger partial charge in [0.05, 0.1) is 5.25 Å². The molecule has 1 aromatic carbocycles. The fourth-order valence-corrected chi connectivity index (χ4v) is 3.41. The van der Waals surface area contributed by atoms with Crippen LogP contribution in [0.1, 0.15) is 22.8 Å². The number of carbonyl (C=O) groups excluding carboxylic acids is 2. The molecule has 1 aliphatic rings. The summed E-state index contributed by atoms with van der Waals surface area (Å²) in [5, 5.41) is 2.67. The lowest BCUT2D eigenvalue weighted by molar-refractivity contribution is -0.115. The van der Waals surface area contributed by atoms with E-state index in [1.165, 1.54) is 18.7 Å². The molecule has 0 spiro atoms. The molecule has 0 bridgehead atoms. The van der Waals surface area contributed by atoms with Crippen molar-refractivity contribution in [2.75, 3.05) is 5.32 Å². The maximum Gasteiger partial charge on any atom is 0.239 e. The maximum absolute atomic E-state index is 12.3. The highest BCUT2D eigenvalue weighted by Crippen LogP contribution is 2.37. The molecule has 0 aliphatic carbocycles. The number of nitrogens with one attached hydrogen (secondary N) is 1. The second kappa shape index (κ2) is 5.69. The van der Waals surface area contributed by atoms with Crippen LogP contribution in [0.2, 0.25) is 0 Å². The average molecular weight is 298 g/mol. The molecule has 0 saturated heterocycles. The average Bonchev–Trinajstić information content (AvgIpc) is 2.92. The number of ketones is 1. The Kier molecular flexibility index (Phi) is 3.75. The molecule has 1 aliphatic heterocycles. The quantitative estimate of drug-likeness (QED) is 0.885. The van der Waals surface area contributed by atoms with E-state index in [1.54, 1.807) is 23.9 Å². The first kappa shape index (κ1) is 13.8. The van der Waals surface area contributed by atoms with E-state index in [-0.39, 0.29) is 16.9 Å². The lowest BCUT2D eigenvalue weighted by Crippen LogP contribution is -2.25. The van der Waals surface area contributed by atoms with Crippen LogP contribution in [0.5, 0.6) is 0 Å². The Hall–Kier alpha value is -2.14. The van der Waals surface area contributed by atoms with Gasteiger partial charge < -0.3 is 5.32 Å². The van der Waals surface area contributed by atoms with Gasteiger partial charge in [-0.05, 0) is 37.1 Å². The summed E-state index contributed by atoms with van der Waals surface area (Å²) in [4.78, 5) is 28.7. The molecular formula is C16H14N2O2S. The molecule has 3 rings (SSSR count). The van der Waals surface area contributed by atoms with Gasteiger partial charge >= 0.3 is 0 Å². The van der Waals surface area contributed by atoms with E-state index >= 15 is 0 Å². The molecule has 0 radical (unpaired) electrons. The molecule has 0 saturated carbocycles. The van der Waals surface area contributed by atoms with Gasteiger partial charge in [-0.2, -0.15) is 0 Å². The van der Waals surface area contributed by atoms with Gasteiger partial charge in [0.2, 0.25) is 5.91 Å². The van der Waals surface area contributed by atoms with E-state index in [4.69, 9.17) is 0 Å². The van der Waals surface area contributed by atoms with E-state index in [2.05, 4.69) is 16.4 Å². The number of rotatable bonds is 3. The van der Waals surface area contributed by atoms with Crippen LogP contribution in [0.15, 0.2) is 47.5 Å². The number of hydrogen-bond donors (Lipinski definition) is 1. The molecule has 2 aromatic rings. The van der Waals surface area contributed by atoms with Gasteiger partial charge in [0.25, 0.3) is 0 Å². The fraction of sp³-hybridized carbons (Fsp3) is 0.188. The minimum Gasteiger partial charge on any atom is -0.310 e. The van der Waals surface area contributed by atoms with E-state index in [1.807, 2.05) is 18.2 Å². The van der Waals surface area contributed by atoms with E-state index < -0.39 is 0 Å². The number of Topliss-reactive ketones (excluding diaryl/α,β-unsaturated/α-hetero) is 1. The highest BCUT2D eigenvalue weighted by Gasteiger charge is 2.28. The third kappa shape index (κ3) is 2.97.